The van der Waals surface area contributed by atoms with Crippen LogP contribution in [0.5, 0.6) is 5.75 Å². The largest absolute Gasteiger partial charge is 0.493 e. The van der Waals surface area contributed by atoms with Crippen molar-refractivity contribution in [2.75, 3.05) is 13.2 Å². The van der Waals surface area contributed by atoms with Crippen molar-refractivity contribution in [1.29, 1.82) is 0 Å². The van der Waals surface area contributed by atoms with E-state index >= 15 is 0 Å². The maximum atomic E-state index is 13.3. The third-order valence-corrected chi connectivity index (χ3v) is 8.27. The number of aromatic nitrogens is 1. The minimum atomic E-state index is -3.88. The first kappa shape index (κ1) is 25.1. The second-order valence-corrected chi connectivity index (χ2v) is 10.6. The number of hydrogen-bond acceptors (Lipinski definition) is 5. The first-order valence-electron chi connectivity index (χ1n) is 11.1. The number of carbonyl (C=O) groups is 1. The zero-order chi connectivity index (χ0) is 25.2. The van der Waals surface area contributed by atoms with E-state index in [0.29, 0.717) is 41.5 Å². The van der Waals surface area contributed by atoms with E-state index in [4.69, 9.17) is 16.3 Å². The molecular weight excluding hydrogens is 495 g/mol. The average molecular weight is 519 g/mol. The van der Waals surface area contributed by atoms with Crippen LogP contribution in [0.15, 0.2) is 59.5 Å². The van der Waals surface area contributed by atoms with Gasteiger partial charge in [-0.15, -0.1) is 0 Å². The molecule has 1 fully saturated rings. The highest BCUT2D eigenvalue weighted by Gasteiger charge is 2.37. The van der Waals surface area contributed by atoms with Crippen LogP contribution in [0.2, 0.25) is 5.02 Å². The zero-order valence-electron chi connectivity index (χ0n) is 18.9. The minimum Gasteiger partial charge on any atom is -0.493 e. The molecule has 0 amide bonds. The summed E-state index contributed by atoms with van der Waals surface area (Å²) in [5.74, 6) is -1.04. The van der Waals surface area contributed by atoms with Gasteiger partial charge in [-0.3, -0.25) is 4.98 Å². The maximum Gasteiger partial charge on any atom is 0.337 e. The van der Waals surface area contributed by atoms with E-state index in [1.165, 1.54) is 22.5 Å². The van der Waals surface area contributed by atoms with Gasteiger partial charge in [-0.05, 0) is 79.9 Å². The van der Waals surface area contributed by atoms with Crippen LogP contribution in [-0.4, -0.2) is 41.9 Å². The molecule has 7 nitrogen and oxygen atoms in total. The third-order valence-electron chi connectivity index (χ3n) is 5.93. The Labute approximate surface area is 208 Å². The molecule has 0 radical (unpaired) electrons. The van der Waals surface area contributed by atoms with E-state index in [1.54, 1.807) is 24.3 Å². The first-order valence-corrected chi connectivity index (χ1v) is 12.9. The van der Waals surface area contributed by atoms with Crippen molar-refractivity contribution in [2.24, 2.45) is 0 Å². The van der Waals surface area contributed by atoms with Gasteiger partial charge in [0.05, 0.1) is 34.5 Å². The number of hydrogen-bond donors (Lipinski definition) is 1. The van der Waals surface area contributed by atoms with E-state index < -0.39 is 27.9 Å². The van der Waals surface area contributed by atoms with E-state index in [1.807, 2.05) is 6.92 Å². The number of sulfonamides is 1. The summed E-state index contributed by atoms with van der Waals surface area (Å²) in [6.07, 6.45) is 1.39. The van der Waals surface area contributed by atoms with Crippen LogP contribution in [0, 0.1) is 12.7 Å². The Hall–Kier alpha value is -3.01. The Morgan fingerprint density at radius 2 is 1.94 bits per heavy atom. The molecule has 0 unspecified atom stereocenters. The normalized spacial score (nSPS) is 16.4. The molecule has 0 spiro atoms. The van der Waals surface area contributed by atoms with Crippen molar-refractivity contribution in [3.05, 3.63) is 88.0 Å². The number of benzene rings is 2. The molecule has 2 aromatic carbocycles. The number of nitrogens with zero attached hydrogens (tertiary/aromatic N) is 2. The molecule has 3 aromatic rings. The fourth-order valence-electron chi connectivity index (χ4n) is 4.13. The lowest BCUT2D eigenvalue weighted by Gasteiger charge is -2.24. The summed E-state index contributed by atoms with van der Waals surface area (Å²) < 4.78 is 46.9. The van der Waals surface area contributed by atoms with Gasteiger partial charge in [0.15, 0.2) is 0 Å². The Morgan fingerprint density at radius 3 is 2.63 bits per heavy atom. The Bertz CT molecular complexity index is 1350. The predicted octanol–water partition coefficient (Wildman–Crippen LogP) is 5.03. The monoisotopic (exact) mass is 518 g/mol. The van der Waals surface area contributed by atoms with Gasteiger partial charge in [0.1, 0.15) is 11.6 Å². The highest BCUT2D eigenvalue weighted by molar-refractivity contribution is 7.89. The smallest absolute Gasteiger partial charge is 0.337 e. The standard InChI is InChI=1S/C25H24ClFN2O5S/c1-16-15-18(6-10-21(16)26)34-14-12-22-20(25(30)31)9-11-23(28-22)24-3-2-13-29(24)35(32,33)19-7-4-17(27)5-8-19/h4-11,15,24H,2-3,12-14H2,1H3,(H,30,31)/t24-/m1/s1. The first-order chi connectivity index (χ1) is 16.7. The maximum absolute atomic E-state index is 13.3. The van der Waals surface area contributed by atoms with Gasteiger partial charge in [-0.1, -0.05) is 11.6 Å². The van der Waals surface area contributed by atoms with Crippen LogP contribution in [0.25, 0.3) is 0 Å². The van der Waals surface area contributed by atoms with Crippen LogP contribution in [0.3, 0.4) is 0 Å². The predicted molar refractivity (Wildman–Crippen MR) is 129 cm³/mol. The number of ether oxygens (including phenoxy) is 1. The SMILES string of the molecule is Cc1cc(OCCc2nc([C@H]3CCCN3S(=O)(=O)c3ccc(F)cc3)ccc2C(=O)O)ccc1Cl. The van der Waals surface area contributed by atoms with E-state index in [9.17, 15) is 22.7 Å². The number of carboxylic acids is 1. The highest BCUT2D eigenvalue weighted by atomic mass is 35.5. The van der Waals surface area contributed by atoms with Gasteiger partial charge in [0.25, 0.3) is 0 Å². The number of carboxylic acid groups (broad SMARTS) is 1. The second-order valence-electron chi connectivity index (χ2n) is 8.27. The highest BCUT2D eigenvalue weighted by Crippen LogP contribution is 2.36. The van der Waals surface area contributed by atoms with E-state index in [2.05, 4.69) is 4.98 Å². The van der Waals surface area contributed by atoms with Crippen molar-refractivity contribution in [3.63, 3.8) is 0 Å². The molecule has 0 bridgehead atoms. The van der Waals surface area contributed by atoms with Crippen LogP contribution in [0.4, 0.5) is 4.39 Å². The molecule has 1 aliphatic rings. The minimum absolute atomic E-state index is 0.000150. The molecular formula is C25H24ClFN2O5S. The molecule has 184 valence electrons. The van der Waals surface area contributed by atoms with Crippen molar-refractivity contribution in [3.8, 4) is 5.75 Å². The topological polar surface area (TPSA) is 96.8 Å². The molecule has 1 saturated heterocycles. The van der Waals surface area contributed by atoms with E-state index in [0.717, 1.165) is 17.7 Å². The molecule has 2 heterocycles. The van der Waals surface area contributed by atoms with Gasteiger partial charge in [-0.25, -0.2) is 17.6 Å². The van der Waals surface area contributed by atoms with E-state index in [-0.39, 0.29) is 23.5 Å². The second kappa shape index (κ2) is 10.3. The molecule has 0 aliphatic carbocycles. The zero-order valence-corrected chi connectivity index (χ0v) is 20.5. The number of pyridine rings is 1. The Morgan fingerprint density at radius 1 is 1.20 bits per heavy atom. The van der Waals surface area contributed by atoms with Crippen molar-refractivity contribution in [1.82, 2.24) is 9.29 Å². The summed E-state index contributed by atoms with van der Waals surface area (Å²) in [5.41, 5.74) is 1.68. The van der Waals surface area contributed by atoms with Gasteiger partial charge in [0, 0.05) is 18.0 Å². The molecule has 1 aromatic heterocycles. The number of halogens is 2. The van der Waals surface area contributed by atoms with Crippen molar-refractivity contribution in [2.45, 2.75) is 37.1 Å². The van der Waals surface area contributed by atoms with Crippen LogP contribution >= 0.6 is 11.6 Å². The number of aromatic carboxylic acids is 1. The lowest BCUT2D eigenvalue weighted by Crippen LogP contribution is -2.31. The number of aryl methyl sites for hydroxylation is 1. The van der Waals surface area contributed by atoms with Crippen molar-refractivity contribution >= 4 is 27.6 Å². The lowest BCUT2D eigenvalue weighted by atomic mass is 10.1. The molecule has 4 rings (SSSR count). The Kier molecular flexibility index (Phi) is 7.39. The summed E-state index contributed by atoms with van der Waals surface area (Å²) in [6, 6.07) is 12.4. The fraction of sp³-hybridized carbons (Fsp3) is 0.280. The molecule has 10 heteroatoms. The summed E-state index contributed by atoms with van der Waals surface area (Å²) in [5, 5.41) is 10.2. The van der Waals surface area contributed by atoms with Crippen LogP contribution in [-0.2, 0) is 16.4 Å². The van der Waals surface area contributed by atoms with Crippen LogP contribution < -0.4 is 4.74 Å². The quantitative estimate of drug-likeness (QED) is 0.449. The van der Waals surface area contributed by atoms with Crippen LogP contribution in [0.1, 0.15) is 46.2 Å². The number of rotatable bonds is 8. The molecule has 35 heavy (non-hydrogen) atoms. The Balaban J connectivity index is 1.57. The van der Waals surface area contributed by atoms with Gasteiger partial charge in [0.2, 0.25) is 10.0 Å². The molecule has 1 aliphatic heterocycles. The lowest BCUT2D eigenvalue weighted by molar-refractivity contribution is 0.0694. The average Bonchev–Trinajstić information content (AvgIpc) is 3.32. The summed E-state index contributed by atoms with van der Waals surface area (Å²) in [7, 11) is -3.88. The van der Waals surface area contributed by atoms with Gasteiger partial charge in [-0.2, -0.15) is 4.31 Å². The molecule has 1 atom stereocenters. The molecule has 0 saturated carbocycles. The van der Waals surface area contributed by atoms with Gasteiger partial charge >= 0.3 is 5.97 Å². The summed E-state index contributed by atoms with van der Waals surface area (Å²) in [6.45, 7) is 2.33. The van der Waals surface area contributed by atoms with Crippen molar-refractivity contribution < 1.29 is 27.4 Å². The summed E-state index contributed by atoms with van der Waals surface area (Å²) in [4.78, 5) is 16.3. The fourth-order valence-corrected chi connectivity index (χ4v) is 5.91. The summed E-state index contributed by atoms with van der Waals surface area (Å²) >= 11 is 6.04. The third kappa shape index (κ3) is 5.47. The molecule has 1 N–H and O–H groups in total. The van der Waals surface area contributed by atoms with Gasteiger partial charge < -0.3 is 9.84 Å².